The SMILES string of the molecule is CSc1nnc(COc2ccc(C)cc2)o1. The van der Waals surface area contributed by atoms with Gasteiger partial charge in [-0.25, -0.2) is 0 Å². The maximum Gasteiger partial charge on any atom is 0.276 e. The van der Waals surface area contributed by atoms with Crippen molar-refractivity contribution < 1.29 is 9.15 Å². The molecule has 2 aromatic rings. The first-order valence-electron chi connectivity index (χ1n) is 4.84. The summed E-state index contributed by atoms with van der Waals surface area (Å²) in [6.07, 6.45) is 1.89. The number of nitrogens with zero attached hydrogens (tertiary/aromatic N) is 2. The molecule has 0 atom stereocenters. The smallest absolute Gasteiger partial charge is 0.276 e. The quantitative estimate of drug-likeness (QED) is 0.764. The summed E-state index contributed by atoms with van der Waals surface area (Å²) >= 11 is 1.42. The number of hydrogen-bond donors (Lipinski definition) is 0. The van der Waals surface area contributed by atoms with E-state index in [0.717, 1.165) is 5.75 Å². The summed E-state index contributed by atoms with van der Waals surface area (Å²) in [5, 5.41) is 8.24. The first kappa shape index (κ1) is 11.0. The molecule has 0 aliphatic heterocycles. The van der Waals surface area contributed by atoms with Gasteiger partial charge in [0.1, 0.15) is 5.75 Å². The van der Waals surface area contributed by atoms with Crippen molar-refractivity contribution >= 4 is 11.8 Å². The molecule has 1 heterocycles. The second-order valence-corrected chi connectivity index (χ2v) is 4.03. The fourth-order valence-electron chi connectivity index (χ4n) is 1.16. The van der Waals surface area contributed by atoms with E-state index in [0.29, 0.717) is 17.7 Å². The number of ether oxygens (including phenoxy) is 1. The standard InChI is InChI=1S/C11H12N2O2S/c1-8-3-5-9(6-4-8)14-7-10-12-13-11(15-10)16-2/h3-6H,7H2,1-2H3. The van der Waals surface area contributed by atoms with Crippen molar-refractivity contribution in [3.05, 3.63) is 35.7 Å². The van der Waals surface area contributed by atoms with E-state index in [2.05, 4.69) is 10.2 Å². The van der Waals surface area contributed by atoms with E-state index in [-0.39, 0.29) is 0 Å². The fraction of sp³-hybridized carbons (Fsp3) is 0.273. The molecule has 16 heavy (non-hydrogen) atoms. The van der Waals surface area contributed by atoms with Crippen LogP contribution < -0.4 is 4.74 Å². The minimum Gasteiger partial charge on any atom is -0.484 e. The normalized spacial score (nSPS) is 10.4. The Kier molecular flexibility index (Phi) is 3.46. The summed E-state index contributed by atoms with van der Waals surface area (Å²) in [7, 11) is 0. The summed E-state index contributed by atoms with van der Waals surface area (Å²) in [6, 6.07) is 7.83. The van der Waals surface area contributed by atoms with Crippen LogP contribution in [-0.2, 0) is 6.61 Å². The van der Waals surface area contributed by atoms with Crippen LogP contribution in [0.4, 0.5) is 0 Å². The molecule has 0 unspecified atom stereocenters. The highest BCUT2D eigenvalue weighted by Crippen LogP contribution is 2.15. The second kappa shape index (κ2) is 5.03. The van der Waals surface area contributed by atoms with Crippen LogP contribution in [-0.4, -0.2) is 16.5 Å². The van der Waals surface area contributed by atoms with Gasteiger partial charge >= 0.3 is 0 Å². The molecule has 0 amide bonds. The number of aryl methyl sites for hydroxylation is 1. The van der Waals surface area contributed by atoms with E-state index >= 15 is 0 Å². The minimum absolute atomic E-state index is 0.302. The van der Waals surface area contributed by atoms with Gasteiger partial charge in [-0.2, -0.15) is 0 Å². The Bertz CT molecular complexity index is 453. The molecule has 0 aliphatic rings. The van der Waals surface area contributed by atoms with Crippen LogP contribution in [0.2, 0.25) is 0 Å². The van der Waals surface area contributed by atoms with Crippen molar-refractivity contribution in [3.63, 3.8) is 0 Å². The molecule has 84 valence electrons. The van der Waals surface area contributed by atoms with Gasteiger partial charge in [-0.3, -0.25) is 0 Å². The maximum atomic E-state index is 5.50. The Labute approximate surface area is 98.0 Å². The fourth-order valence-corrected chi connectivity index (χ4v) is 1.46. The van der Waals surface area contributed by atoms with E-state index in [1.807, 2.05) is 37.4 Å². The van der Waals surface area contributed by atoms with Gasteiger partial charge in [0.2, 0.25) is 0 Å². The van der Waals surface area contributed by atoms with Gasteiger partial charge in [0.05, 0.1) is 0 Å². The molecule has 0 bridgehead atoms. The van der Waals surface area contributed by atoms with E-state index < -0.39 is 0 Å². The Hall–Kier alpha value is -1.49. The molecule has 0 spiro atoms. The topological polar surface area (TPSA) is 48.2 Å². The molecular formula is C11H12N2O2S. The van der Waals surface area contributed by atoms with Crippen LogP contribution in [0, 0.1) is 6.92 Å². The van der Waals surface area contributed by atoms with Crippen molar-refractivity contribution in [1.82, 2.24) is 10.2 Å². The summed E-state index contributed by atoms with van der Waals surface area (Å²) in [5.41, 5.74) is 1.20. The molecule has 0 fully saturated rings. The van der Waals surface area contributed by atoms with Crippen molar-refractivity contribution in [3.8, 4) is 5.75 Å². The van der Waals surface area contributed by atoms with Gasteiger partial charge in [-0.05, 0) is 25.3 Å². The van der Waals surface area contributed by atoms with E-state index in [1.54, 1.807) is 0 Å². The van der Waals surface area contributed by atoms with Crippen molar-refractivity contribution in [2.45, 2.75) is 18.8 Å². The molecule has 2 rings (SSSR count). The number of thioether (sulfide) groups is 1. The zero-order chi connectivity index (χ0) is 11.4. The second-order valence-electron chi connectivity index (χ2n) is 3.27. The summed E-state index contributed by atoms with van der Waals surface area (Å²) < 4.78 is 10.8. The third-order valence-corrected chi connectivity index (χ3v) is 2.52. The van der Waals surface area contributed by atoms with Crippen LogP contribution >= 0.6 is 11.8 Å². The largest absolute Gasteiger partial charge is 0.484 e. The maximum absolute atomic E-state index is 5.50. The number of benzene rings is 1. The van der Waals surface area contributed by atoms with Crippen LogP contribution in [0.15, 0.2) is 33.9 Å². The Balaban J connectivity index is 1.94. The van der Waals surface area contributed by atoms with Crippen LogP contribution in [0.1, 0.15) is 11.5 Å². The van der Waals surface area contributed by atoms with Crippen molar-refractivity contribution in [1.29, 1.82) is 0 Å². The molecule has 0 saturated heterocycles. The first-order valence-corrected chi connectivity index (χ1v) is 6.06. The summed E-state index contributed by atoms with van der Waals surface area (Å²) in [4.78, 5) is 0. The lowest BCUT2D eigenvalue weighted by atomic mass is 10.2. The molecule has 1 aromatic heterocycles. The minimum atomic E-state index is 0.302. The highest BCUT2D eigenvalue weighted by atomic mass is 32.2. The molecule has 0 saturated carbocycles. The highest BCUT2D eigenvalue weighted by Gasteiger charge is 2.05. The number of rotatable bonds is 4. The molecule has 5 heteroatoms. The van der Waals surface area contributed by atoms with Gasteiger partial charge in [-0.1, -0.05) is 29.5 Å². The molecule has 0 radical (unpaired) electrons. The van der Waals surface area contributed by atoms with Gasteiger partial charge < -0.3 is 9.15 Å². The Morgan fingerprint density at radius 1 is 1.25 bits per heavy atom. The monoisotopic (exact) mass is 236 g/mol. The van der Waals surface area contributed by atoms with E-state index in [9.17, 15) is 0 Å². The number of hydrogen-bond acceptors (Lipinski definition) is 5. The third kappa shape index (κ3) is 2.76. The lowest BCUT2D eigenvalue weighted by Crippen LogP contribution is -1.95. The molecule has 1 aromatic carbocycles. The highest BCUT2D eigenvalue weighted by molar-refractivity contribution is 7.98. The predicted molar refractivity (Wildman–Crippen MR) is 61.6 cm³/mol. The third-order valence-electron chi connectivity index (χ3n) is 2.01. The zero-order valence-electron chi connectivity index (χ0n) is 9.14. The van der Waals surface area contributed by atoms with Gasteiger partial charge in [0, 0.05) is 0 Å². The van der Waals surface area contributed by atoms with Crippen LogP contribution in [0.3, 0.4) is 0 Å². The Morgan fingerprint density at radius 2 is 2.00 bits per heavy atom. The summed E-state index contributed by atoms with van der Waals surface area (Å²) in [6.45, 7) is 2.34. The van der Waals surface area contributed by atoms with Crippen LogP contribution in [0.25, 0.3) is 0 Å². The summed E-state index contributed by atoms with van der Waals surface area (Å²) in [5.74, 6) is 1.29. The molecular weight excluding hydrogens is 224 g/mol. The van der Waals surface area contributed by atoms with Gasteiger partial charge in [0.15, 0.2) is 6.61 Å². The predicted octanol–water partition coefficient (Wildman–Crippen LogP) is 2.68. The zero-order valence-corrected chi connectivity index (χ0v) is 9.95. The van der Waals surface area contributed by atoms with Gasteiger partial charge in [0.25, 0.3) is 11.1 Å². The van der Waals surface area contributed by atoms with E-state index in [1.165, 1.54) is 17.3 Å². The van der Waals surface area contributed by atoms with Crippen molar-refractivity contribution in [2.24, 2.45) is 0 Å². The number of aromatic nitrogens is 2. The Morgan fingerprint density at radius 3 is 2.62 bits per heavy atom. The molecule has 4 nitrogen and oxygen atoms in total. The first-order chi connectivity index (χ1) is 7.78. The lowest BCUT2D eigenvalue weighted by molar-refractivity contribution is 0.252. The average Bonchev–Trinajstić information content (AvgIpc) is 2.76. The average molecular weight is 236 g/mol. The van der Waals surface area contributed by atoms with E-state index in [4.69, 9.17) is 9.15 Å². The van der Waals surface area contributed by atoms with Crippen molar-refractivity contribution in [2.75, 3.05) is 6.26 Å². The molecule has 0 N–H and O–H groups in total. The van der Waals surface area contributed by atoms with Crippen LogP contribution in [0.5, 0.6) is 5.75 Å². The molecule has 0 aliphatic carbocycles. The van der Waals surface area contributed by atoms with Gasteiger partial charge in [-0.15, -0.1) is 10.2 Å². The lowest BCUT2D eigenvalue weighted by Gasteiger charge is -2.02.